The highest BCUT2D eigenvalue weighted by atomic mass is 16.5. The average molecular weight is 290 g/mol. The highest BCUT2D eigenvalue weighted by molar-refractivity contribution is 4.61. The summed E-state index contributed by atoms with van der Waals surface area (Å²) < 4.78 is 0. The van der Waals surface area contributed by atoms with Gasteiger partial charge in [-0.2, -0.15) is 0 Å². The third-order valence-corrected chi connectivity index (χ3v) is 3.87. The van der Waals surface area contributed by atoms with Crippen LogP contribution in [0.25, 0.3) is 0 Å². The Morgan fingerprint density at radius 3 is 1.40 bits per heavy atom. The molecule has 0 aromatic heterocycles. The Kier molecular flexibility index (Phi) is 15.1. The Bertz CT molecular complexity index is 185. The molecule has 122 valence electrons. The van der Waals surface area contributed by atoms with Crippen LogP contribution in [0.4, 0.5) is 0 Å². The second kappa shape index (κ2) is 15.2. The lowest BCUT2D eigenvalue weighted by atomic mass is 9.90. The first kappa shape index (κ1) is 19.8. The first-order valence-electron chi connectivity index (χ1n) is 8.28. The van der Waals surface area contributed by atoms with Gasteiger partial charge >= 0.3 is 0 Å². The topological polar surface area (TPSA) is 80.9 Å². The smallest absolute Gasteiger partial charge is 0.151 e. The summed E-state index contributed by atoms with van der Waals surface area (Å²) in [5.41, 5.74) is 0. The summed E-state index contributed by atoms with van der Waals surface area (Å²) in [4.78, 5) is 0. The van der Waals surface area contributed by atoms with Crippen LogP contribution in [0.1, 0.15) is 77.0 Å². The lowest BCUT2D eigenvalue weighted by Gasteiger charge is -2.16. The Balaban J connectivity index is 3.67. The fraction of sp³-hybridized carbons (Fsp3) is 1.00. The van der Waals surface area contributed by atoms with Crippen molar-refractivity contribution in [3.8, 4) is 0 Å². The highest BCUT2D eigenvalue weighted by Crippen LogP contribution is 2.23. The van der Waals surface area contributed by atoms with Crippen molar-refractivity contribution < 1.29 is 20.4 Å². The third-order valence-electron chi connectivity index (χ3n) is 3.87. The van der Waals surface area contributed by atoms with Crippen LogP contribution in [-0.4, -0.2) is 39.9 Å². The molecule has 0 fully saturated rings. The standard InChI is InChI=1S/C16H34O4/c17-13-7-2-4-10-15(11-6-8-14-18)9-3-1-5-12-16(19)20/h15-20H,1-14H2. The van der Waals surface area contributed by atoms with Crippen molar-refractivity contribution in [1.29, 1.82) is 0 Å². The molecule has 0 saturated heterocycles. The third kappa shape index (κ3) is 14.3. The molecule has 0 bridgehead atoms. The summed E-state index contributed by atoms with van der Waals surface area (Å²) in [6.07, 6.45) is 11.2. The van der Waals surface area contributed by atoms with Gasteiger partial charge in [0.05, 0.1) is 0 Å². The van der Waals surface area contributed by atoms with E-state index in [1.807, 2.05) is 0 Å². The average Bonchev–Trinajstić information content (AvgIpc) is 2.42. The van der Waals surface area contributed by atoms with Gasteiger partial charge < -0.3 is 20.4 Å². The van der Waals surface area contributed by atoms with Crippen LogP contribution in [0.5, 0.6) is 0 Å². The van der Waals surface area contributed by atoms with Crippen molar-refractivity contribution in [1.82, 2.24) is 0 Å². The van der Waals surface area contributed by atoms with Crippen molar-refractivity contribution in [2.24, 2.45) is 5.92 Å². The van der Waals surface area contributed by atoms with E-state index in [0.29, 0.717) is 13.0 Å². The van der Waals surface area contributed by atoms with Gasteiger partial charge in [-0.15, -0.1) is 0 Å². The number of aliphatic hydroxyl groups excluding tert-OH is 3. The van der Waals surface area contributed by atoms with Gasteiger partial charge in [0.2, 0.25) is 0 Å². The Morgan fingerprint density at radius 1 is 0.500 bits per heavy atom. The molecule has 0 aromatic carbocycles. The molecule has 4 heteroatoms. The SMILES string of the molecule is OCCCCCC(CCCCO)CCCCCC(O)O. The molecule has 0 aliphatic carbocycles. The van der Waals surface area contributed by atoms with Gasteiger partial charge in [0.15, 0.2) is 6.29 Å². The first-order valence-corrected chi connectivity index (χ1v) is 8.28. The van der Waals surface area contributed by atoms with Crippen LogP contribution in [0.3, 0.4) is 0 Å². The second-order valence-corrected chi connectivity index (χ2v) is 5.78. The number of hydrogen-bond donors (Lipinski definition) is 4. The van der Waals surface area contributed by atoms with E-state index in [2.05, 4.69) is 0 Å². The second-order valence-electron chi connectivity index (χ2n) is 5.78. The Morgan fingerprint density at radius 2 is 0.900 bits per heavy atom. The highest BCUT2D eigenvalue weighted by Gasteiger charge is 2.08. The fourth-order valence-electron chi connectivity index (χ4n) is 2.64. The summed E-state index contributed by atoms with van der Waals surface area (Å²) >= 11 is 0. The number of aliphatic hydroxyl groups is 4. The Hall–Kier alpha value is -0.160. The molecular weight excluding hydrogens is 256 g/mol. The number of unbranched alkanes of at least 4 members (excludes halogenated alkanes) is 5. The molecule has 0 aliphatic rings. The van der Waals surface area contributed by atoms with Gasteiger partial charge in [-0.1, -0.05) is 51.4 Å². The van der Waals surface area contributed by atoms with E-state index in [0.717, 1.165) is 50.9 Å². The zero-order valence-electron chi connectivity index (χ0n) is 12.8. The molecule has 4 N–H and O–H groups in total. The lowest BCUT2D eigenvalue weighted by Crippen LogP contribution is -2.04. The van der Waals surface area contributed by atoms with Crippen LogP contribution < -0.4 is 0 Å². The van der Waals surface area contributed by atoms with Gasteiger partial charge in [-0.05, 0) is 31.6 Å². The van der Waals surface area contributed by atoms with Crippen LogP contribution in [0.15, 0.2) is 0 Å². The van der Waals surface area contributed by atoms with E-state index in [9.17, 15) is 0 Å². The minimum Gasteiger partial charge on any atom is -0.396 e. The van der Waals surface area contributed by atoms with E-state index in [1.54, 1.807) is 0 Å². The van der Waals surface area contributed by atoms with Gasteiger partial charge in [-0.3, -0.25) is 0 Å². The molecule has 0 spiro atoms. The molecule has 0 amide bonds. The van der Waals surface area contributed by atoms with E-state index in [4.69, 9.17) is 20.4 Å². The first-order chi connectivity index (χ1) is 9.70. The lowest BCUT2D eigenvalue weighted by molar-refractivity contribution is -0.0466. The van der Waals surface area contributed by atoms with E-state index < -0.39 is 6.29 Å². The molecule has 0 aliphatic heterocycles. The number of rotatable bonds is 15. The summed E-state index contributed by atoms with van der Waals surface area (Å²) in [5, 5.41) is 35.2. The van der Waals surface area contributed by atoms with Crippen molar-refractivity contribution in [3.63, 3.8) is 0 Å². The van der Waals surface area contributed by atoms with Crippen molar-refractivity contribution in [3.05, 3.63) is 0 Å². The minimum atomic E-state index is -1.16. The zero-order chi connectivity index (χ0) is 15.1. The van der Waals surface area contributed by atoms with Crippen LogP contribution in [0.2, 0.25) is 0 Å². The maximum Gasteiger partial charge on any atom is 0.151 e. The van der Waals surface area contributed by atoms with E-state index in [1.165, 1.54) is 25.7 Å². The molecule has 1 atom stereocenters. The predicted molar refractivity (Wildman–Crippen MR) is 81.3 cm³/mol. The maximum atomic E-state index is 8.85. The van der Waals surface area contributed by atoms with Crippen LogP contribution in [0, 0.1) is 5.92 Å². The zero-order valence-corrected chi connectivity index (χ0v) is 12.8. The fourth-order valence-corrected chi connectivity index (χ4v) is 2.64. The monoisotopic (exact) mass is 290 g/mol. The van der Waals surface area contributed by atoms with Gasteiger partial charge in [-0.25, -0.2) is 0 Å². The maximum absolute atomic E-state index is 8.85. The van der Waals surface area contributed by atoms with Gasteiger partial charge in [0.25, 0.3) is 0 Å². The minimum absolute atomic E-state index is 0.283. The number of hydrogen-bond acceptors (Lipinski definition) is 4. The molecule has 0 saturated carbocycles. The van der Waals surface area contributed by atoms with Crippen molar-refractivity contribution >= 4 is 0 Å². The normalized spacial score (nSPS) is 13.1. The summed E-state index contributed by atoms with van der Waals surface area (Å²) in [7, 11) is 0. The summed E-state index contributed by atoms with van der Waals surface area (Å²) in [5.74, 6) is 0.722. The van der Waals surface area contributed by atoms with Gasteiger partial charge in [0, 0.05) is 13.2 Å². The summed E-state index contributed by atoms with van der Waals surface area (Å²) in [6, 6.07) is 0. The molecule has 0 aromatic rings. The molecule has 20 heavy (non-hydrogen) atoms. The van der Waals surface area contributed by atoms with Crippen LogP contribution in [-0.2, 0) is 0 Å². The predicted octanol–water partition coefficient (Wildman–Crippen LogP) is 2.58. The molecular formula is C16H34O4. The quantitative estimate of drug-likeness (QED) is 0.276. The van der Waals surface area contributed by atoms with Crippen molar-refractivity contribution in [2.45, 2.75) is 83.3 Å². The summed E-state index contributed by atoms with van der Waals surface area (Å²) in [6.45, 7) is 0.574. The molecule has 0 rings (SSSR count). The molecule has 4 nitrogen and oxygen atoms in total. The van der Waals surface area contributed by atoms with Crippen LogP contribution >= 0.6 is 0 Å². The van der Waals surface area contributed by atoms with Gasteiger partial charge in [0.1, 0.15) is 0 Å². The largest absolute Gasteiger partial charge is 0.396 e. The van der Waals surface area contributed by atoms with E-state index >= 15 is 0 Å². The molecule has 1 unspecified atom stereocenters. The van der Waals surface area contributed by atoms with Crippen molar-refractivity contribution in [2.75, 3.05) is 13.2 Å². The molecule has 0 radical (unpaired) electrons. The Labute approximate surface area is 123 Å². The molecule has 0 heterocycles. The van der Waals surface area contributed by atoms with E-state index in [-0.39, 0.29) is 6.61 Å².